The van der Waals surface area contributed by atoms with Gasteiger partial charge < -0.3 is 15.9 Å². The van der Waals surface area contributed by atoms with Gasteiger partial charge in [0.05, 0.1) is 12.4 Å². The fraction of sp³-hybridized carbons (Fsp3) is 0.471. The Kier molecular flexibility index (Phi) is 6.69. The van der Waals surface area contributed by atoms with Crippen molar-refractivity contribution in [3.63, 3.8) is 0 Å². The number of benzene rings is 1. The molecule has 1 amide bonds. The lowest BCUT2D eigenvalue weighted by Crippen LogP contribution is -2.37. The fourth-order valence-corrected chi connectivity index (χ4v) is 2.70. The van der Waals surface area contributed by atoms with Gasteiger partial charge in [0.1, 0.15) is 5.75 Å². The van der Waals surface area contributed by atoms with Crippen LogP contribution >= 0.6 is 11.8 Å². The predicted molar refractivity (Wildman–Crippen MR) is 99.9 cm³/mol. The highest BCUT2D eigenvalue weighted by Gasteiger charge is 2.15. The molecule has 1 atom stereocenters. The van der Waals surface area contributed by atoms with E-state index in [9.17, 15) is 4.79 Å². The number of rotatable bonds is 8. The minimum atomic E-state index is -0.0446. The first kappa shape index (κ1) is 19.1. The molecular weight excluding hydrogens is 338 g/mol. The Balaban J connectivity index is 1.99. The van der Waals surface area contributed by atoms with Crippen LogP contribution in [0, 0.1) is 5.92 Å². The van der Waals surface area contributed by atoms with Crippen LogP contribution < -0.4 is 15.9 Å². The molecule has 8 heteroatoms. The number of nitrogens with zero attached hydrogens (tertiary/aromatic N) is 3. The van der Waals surface area contributed by atoms with Crippen molar-refractivity contribution < 1.29 is 9.53 Å². The Morgan fingerprint density at radius 1 is 1.28 bits per heavy atom. The van der Waals surface area contributed by atoms with E-state index in [0.717, 1.165) is 11.3 Å². The minimum absolute atomic E-state index is 0.0446. The molecule has 0 aliphatic heterocycles. The molecule has 0 saturated carbocycles. The molecular formula is C17H25N5O2S. The monoisotopic (exact) mass is 363 g/mol. The van der Waals surface area contributed by atoms with Crippen LogP contribution in [0.4, 0.5) is 0 Å². The first-order valence-corrected chi connectivity index (χ1v) is 9.26. The first-order valence-electron chi connectivity index (χ1n) is 8.28. The summed E-state index contributed by atoms with van der Waals surface area (Å²) in [6, 6.07) is 7.61. The number of ether oxygens (including phenoxy) is 1. The van der Waals surface area contributed by atoms with E-state index in [1.54, 1.807) is 0 Å². The van der Waals surface area contributed by atoms with Gasteiger partial charge in [0.15, 0.2) is 5.82 Å². The maximum atomic E-state index is 12.0. The molecule has 0 aliphatic rings. The molecule has 0 bridgehead atoms. The molecule has 0 radical (unpaired) electrons. The first-order chi connectivity index (χ1) is 11.9. The smallest absolute Gasteiger partial charge is 0.230 e. The zero-order valence-electron chi connectivity index (χ0n) is 15.0. The highest BCUT2D eigenvalue weighted by Crippen LogP contribution is 2.23. The second-order valence-electron chi connectivity index (χ2n) is 6.02. The van der Waals surface area contributed by atoms with E-state index in [1.165, 1.54) is 16.4 Å². The molecule has 2 aromatic rings. The lowest BCUT2D eigenvalue weighted by molar-refractivity contribution is -0.119. The molecule has 0 saturated heterocycles. The largest absolute Gasteiger partial charge is 0.494 e. The van der Waals surface area contributed by atoms with Crippen molar-refractivity contribution in [1.29, 1.82) is 0 Å². The van der Waals surface area contributed by atoms with Crippen LogP contribution in [0.25, 0.3) is 11.4 Å². The third kappa shape index (κ3) is 5.12. The zero-order chi connectivity index (χ0) is 18.4. The van der Waals surface area contributed by atoms with Crippen LogP contribution in [0.5, 0.6) is 5.75 Å². The van der Waals surface area contributed by atoms with Crippen molar-refractivity contribution >= 4 is 17.7 Å². The molecule has 1 heterocycles. The molecule has 0 aliphatic carbocycles. The number of hydrogen-bond acceptors (Lipinski definition) is 6. The molecule has 7 nitrogen and oxygen atoms in total. The van der Waals surface area contributed by atoms with Gasteiger partial charge >= 0.3 is 0 Å². The quantitative estimate of drug-likeness (QED) is 0.552. The molecule has 1 aromatic carbocycles. The standard InChI is InChI=1S/C17H25N5O2S/c1-5-24-14-8-6-13(7-9-14)16-20-21-17(22(16)18)25-10-15(23)19-12(4)11(2)3/h6-9,11-12H,5,10,18H2,1-4H3,(H,19,23). The summed E-state index contributed by atoms with van der Waals surface area (Å²) in [7, 11) is 0. The van der Waals surface area contributed by atoms with Crippen LogP contribution in [0.15, 0.2) is 29.4 Å². The van der Waals surface area contributed by atoms with E-state index in [1.807, 2.05) is 38.1 Å². The van der Waals surface area contributed by atoms with E-state index in [2.05, 4.69) is 29.4 Å². The van der Waals surface area contributed by atoms with Gasteiger partial charge in [0.2, 0.25) is 11.1 Å². The van der Waals surface area contributed by atoms with Crippen LogP contribution in [0.3, 0.4) is 0 Å². The third-order valence-corrected chi connectivity index (χ3v) is 4.75. The highest BCUT2D eigenvalue weighted by molar-refractivity contribution is 7.99. The van der Waals surface area contributed by atoms with E-state index >= 15 is 0 Å². The van der Waals surface area contributed by atoms with Crippen molar-refractivity contribution in [2.75, 3.05) is 18.2 Å². The van der Waals surface area contributed by atoms with Crippen molar-refractivity contribution in [2.45, 2.75) is 38.9 Å². The summed E-state index contributed by atoms with van der Waals surface area (Å²) in [6.45, 7) is 8.68. The van der Waals surface area contributed by atoms with Crippen molar-refractivity contribution in [2.24, 2.45) is 5.92 Å². The molecule has 3 N–H and O–H groups in total. The summed E-state index contributed by atoms with van der Waals surface area (Å²) in [5.41, 5.74) is 0.836. The number of carbonyl (C=O) groups excluding carboxylic acids is 1. The second kappa shape index (κ2) is 8.75. The second-order valence-corrected chi connectivity index (χ2v) is 6.96. The van der Waals surface area contributed by atoms with Crippen molar-refractivity contribution in [3.05, 3.63) is 24.3 Å². The van der Waals surface area contributed by atoms with Gasteiger partial charge in [-0.05, 0) is 44.0 Å². The Morgan fingerprint density at radius 3 is 2.56 bits per heavy atom. The summed E-state index contributed by atoms with van der Waals surface area (Å²) in [5.74, 6) is 8.00. The molecule has 1 unspecified atom stereocenters. The summed E-state index contributed by atoms with van der Waals surface area (Å²) in [6.07, 6.45) is 0. The van der Waals surface area contributed by atoms with Gasteiger partial charge in [0.25, 0.3) is 0 Å². The lowest BCUT2D eigenvalue weighted by atomic mass is 10.1. The van der Waals surface area contributed by atoms with Gasteiger partial charge in [-0.25, -0.2) is 4.68 Å². The fourth-order valence-electron chi connectivity index (χ4n) is 2.03. The number of amides is 1. The maximum absolute atomic E-state index is 12.0. The molecule has 2 rings (SSSR count). The number of aromatic nitrogens is 3. The minimum Gasteiger partial charge on any atom is -0.494 e. The zero-order valence-corrected chi connectivity index (χ0v) is 15.8. The average molecular weight is 363 g/mol. The van der Waals surface area contributed by atoms with Gasteiger partial charge in [-0.15, -0.1) is 10.2 Å². The molecule has 0 spiro atoms. The maximum Gasteiger partial charge on any atom is 0.230 e. The van der Waals surface area contributed by atoms with Gasteiger partial charge in [-0.1, -0.05) is 25.6 Å². The van der Waals surface area contributed by atoms with E-state index in [4.69, 9.17) is 10.6 Å². The number of nitrogens with two attached hydrogens (primary N) is 1. The van der Waals surface area contributed by atoms with Crippen molar-refractivity contribution in [3.8, 4) is 17.1 Å². The summed E-state index contributed by atoms with van der Waals surface area (Å²) < 4.78 is 6.83. The van der Waals surface area contributed by atoms with Crippen LogP contribution in [0.2, 0.25) is 0 Å². The van der Waals surface area contributed by atoms with E-state index < -0.39 is 0 Å². The van der Waals surface area contributed by atoms with Gasteiger partial charge in [0, 0.05) is 11.6 Å². The molecule has 136 valence electrons. The van der Waals surface area contributed by atoms with Gasteiger partial charge in [-0.3, -0.25) is 4.79 Å². The Hall–Kier alpha value is -2.22. The SMILES string of the molecule is CCOc1ccc(-c2nnc(SCC(=O)NC(C)C(C)C)n2N)cc1. The highest BCUT2D eigenvalue weighted by atomic mass is 32.2. The molecule has 25 heavy (non-hydrogen) atoms. The summed E-state index contributed by atoms with van der Waals surface area (Å²) in [5, 5.41) is 11.7. The predicted octanol–water partition coefficient (Wildman–Crippen LogP) is 2.31. The number of nitrogen functional groups attached to an aromatic ring is 1. The normalized spacial score (nSPS) is 12.2. The number of hydrogen-bond donors (Lipinski definition) is 2. The van der Waals surface area contributed by atoms with Crippen LogP contribution in [0.1, 0.15) is 27.7 Å². The summed E-state index contributed by atoms with van der Waals surface area (Å²) >= 11 is 1.26. The lowest BCUT2D eigenvalue weighted by Gasteiger charge is -2.16. The van der Waals surface area contributed by atoms with E-state index in [0.29, 0.717) is 23.5 Å². The van der Waals surface area contributed by atoms with Crippen LogP contribution in [-0.2, 0) is 4.79 Å². The third-order valence-electron chi connectivity index (χ3n) is 3.81. The number of carbonyl (C=O) groups is 1. The Morgan fingerprint density at radius 2 is 1.96 bits per heavy atom. The van der Waals surface area contributed by atoms with Crippen molar-refractivity contribution in [1.82, 2.24) is 20.2 Å². The van der Waals surface area contributed by atoms with Crippen LogP contribution in [-0.4, -0.2) is 39.2 Å². The Labute approximate surface area is 152 Å². The Bertz CT molecular complexity index is 700. The summed E-state index contributed by atoms with van der Waals surface area (Å²) in [4.78, 5) is 12.0. The topological polar surface area (TPSA) is 95.1 Å². The van der Waals surface area contributed by atoms with E-state index in [-0.39, 0.29) is 17.7 Å². The molecule has 1 aromatic heterocycles. The number of thioether (sulfide) groups is 1. The molecule has 0 fully saturated rings. The van der Waals surface area contributed by atoms with Gasteiger partial charge in [-0.2, -0.15) is 0 Å². The average Bonchev–Trinajstić information content (AvgIpc) is 2.94. The number of nitrogens with one attached hydrogen (secondary N) is 1.